The fourth-order valence-electron chi connectivity index (χ4n) is 2.16. The lowest BCUT2D eigenvalue weighted by atomic mass is 10.0. The number of H-pyrrole nitrogens is 1. The molecule has 1 aromatic heterocycles. The van der Waals surface area contributed by atoms with Crippen LogP contribution in [0.5, 0.6) is 0 Å². The van der Waals surface area contributed by atoms with Gasteiger partial charge in [0.25, 0.3) is 0 Å². The monoisotopic (exact) mass is 238 g/mol. The fraction of sp³-hybridized carbons (Fsp3) is 0.600. The molecule has 0 saturated carbocycles. The van der Waals surface area contributed by atoms with Crippen LogP contribution in [0.15, 0.2) is 11.1 Å². The van der Waals surface area contributed by atoms with Crippen molar-refractivity contribution < 1.29 is 4.92 Å². The highest BCUT2D eigenvalue weighted by Gasteiger charge is 2.27. The lowest BCUT2D eigenvalue weighted by Gasteiger charge is -2.31. The molecule has 1 atom stereocenters. The Hall–Kier alpha value is -1.92. The molecule has 0 aliphatic carbocycles. The highest BCUT2D eigenvalue weighted by Crippen LogP contribution is 2.25. The van der Waals surface area contributed by atoms with Crippen LogP contribution < -0.4 is 10.5 Å². The average molecular weight is 238 g/mol. The van der Waals surface area contributed by atoms with Gasteiger partial charge in [0.2, 0.25) is 5.82 Å². The van der Waals surface area contributed by atoms with Crippen LogP contribution in [0.4, 0.5) is 11.5 Å². The molecule has 1 aromatic rings. The third kappa shape index (κ3) is 2.27. The first-order valence-electron chi connectivity index (χ1n) is 5.56. The van der Waals surface area contributed by atoms with Crippen molar-refractivity contribution in [3.63, 3.8) is 0 Å². The number of nitrogens with one attached hydrogen (secondary N) is 1. The van der Waals surface area contributed by atoms with Crippen LogP contribution >= 0.6 is 0 Å². The number of nitro groups is 1. The first kappa shape index (κ1) is 11.6. The first-order chi connectivity index (χ1) is 8.09. The highest BCUT2D eigenvalue weighted by atomic mass is 16.6. The van der Waals surface area contributed by atoms with E-state index < -0.39 is 16.2 Å². The predicted octanol–water partition coefficient (Wildman–Crippen LogP) is 0.914. The van der Waals surface area contributed by atoms with Gasteiger partial charge < -0.3 is 9.88 Å². The number of aromatic amines is 1. The van der Waals surface area contributed by atoms with Crippen LogP contribution in [0.25, 0.3) is 0 Å². The predicted molar refractivity (Wildman–Crippen MR) is 62.1 cm³/mol. The van der Waals surface area contributed by atoms with Crippen molar-refractivity contribution >= 4 is 11.5 Å². The Labute approximate surface area is 97.6 Å². The van der Waals surface area contributed by atoms with E-state index in [4.69, 9.17) is 0 Å². The van der Waals surface area contributed by atoms with Crippen LogP contribution in [0.3, 0.4) is 0 Å². The molecule has 7 heteroatoms. The zero-order chi connectivity index (χ0) is 12.4. The number of anilines is 1. The molecular weight excluding hydrogens is 224 g/mol. The first-order valence-corrected chi connectivity index (χ1v) is 5.56. The van der Waals surface area contributed by atoms with E-state index in [1.807, 2.05) is 4.90 Å². The average Bonchev–Trinajstić information content (AvgIpc) is 2.28. The minimum atomic E-state index is -0.696. The van der Waals surface area contributed by atoms with Crippen molar-refractivity contribution in [3.8, 4) is 0 Å². The molecule has 1 fully saturated rings. The van der Waals surface area contributed by atoms with Gasteiger partial charge >= 0.3 is 11.2 Å². The smallest absolute Gasteiger partial charge is 0.350 e. The molecule has 1 unspecified atom stereocenters. The van der Waals surface area contributed by atoms with E-state index in [1.165, 1.54) is 6.33 Å². The van der Waals surface area contributed by atoms with Gasteiger partial charge in [-0.25, -0.2) is 4.98 Å². The molecule has 1 saturated heterocycles. The Kier molecular flexibility index (Phi) is 3.08. The number of aromatic nitrogens is 2. The Morgan fingerprint density at radius 2 is 2.41 bits per heavy atom. The van der Waals surface area contributed by atoms with Gasteiger partial charge in [0.15, 0.2) is 0 Å². The van der Waals surface area contributed by atoms with E-state index in [0.717, 1.165) is 12.8 Å². The summed E-state index contributed by atoms with van der Waals surface area (Å²) in [6.45, 7) is 3.50. The van der Waals surface area contributed by atoms with Crippen molar-refractivity contribution in [1.29, 1.82) is 0 Å². The van der Waals surface area contributed by atoms with E-state index in [2.05, 4.69) is 16.9 Å². The van der Waals surface area contributed by atoms with E-state index in [9.17, 15) is 14.9 Å². The Balaban J connectivity index is 2.41. The topological polar surface area (TPSA) is 92.1 Å². The minimum absolute atomic E-state index is 0.185. The number of nitrogens with zero attached hydrogens (tertiary/aromatic N) is 3. The molecule has 1 N–H and O–H groups in total. The Morgan fingerprint density at radius 1 is 1.65 bits per heavy atom. The molecule has 0 amide bonds. The molecular formula is C10H14N4O3. The van der Waals surface area contributed by atoms with Gasteiger partial charge in [-0.15, -0.1) is 0 Å². The zero-order valence-corrected chi connectivity index (χ0v) is 9.55. The third-order valence-electron chi connectivity index (χ3n) is 2.95. The van der Waals surface area contributed by atoms with Crippen molar-refractivity contribution in [1.82, 2.24) is 9.97 Å². The van der Waals surface area contributed by atoms with Crippen molar-refractivity contribution in [2.24, 2.45) is 5.92 Å². The zero-order valence-electron chi connectivity index (χ0n) is 9.55. The normalized spacial score (nSPS) is 20.3. The Bertz CT molecular complexity index is 485. The van der Waals surface area contributed by atoms with Crippen LogP contribution in [0, 0.1) is 16.0 Å². The molecule has 0 bridgehead atoms. The lowest BCUT2D eigenvalue weighted by Crippen LogP contribution is -2.36. The second kappa shape index (κ2) is 4.52. The number of piperidine rings is 1. The second-order valence-electron chi connectivity index (χ2n) is 4.35. The fourth-order valence-corrected chi connectivity index (χ4v) is 2.16. The highest BCUT2D eigenvalue weighted by molar-refractivity contribution is 5.56. The molecule has 17 heavy (non-hydrogen) atoms. The maximum atomic E-state index is 11.4. The van der Waals surface area contributed by atoms with Crippen LogP contribution in [0.2, 0.25) is 0 Å². The molecule has 0 radical (unpaired) electrons. The van der Waals surface area contributed by atoms with Crippen molar-refractivity contribution in [2.45, 2.75) is 19.8 Å². The van der Waals surface area contributed by atoms with E-state index in [0.29, 0.717) is 19.0 Å². The second-order valence-corrected chi connectivity index (χ2v) is 4.35. The molecule has 92 valence electrons. The molecule has 2 heterocycles. The molecule has 7 nitrogen and oxygen atoms in total. The van der Waals surface area contributed by atoms with Crippen LogP contribution in [-0.2, 0) is 0 Å². The summed E-state index contributed by atoms with van der Waals surface area (Å²) >= 11 is 0. The Morgan fingerprint density at radius 3 is 3.06 bits per heavy atom. The van der Waals surface area contributed by atoms with Crippen molar-refractivity contribution in [3.05, 3.63) is 26.8 Å². The SMILES string of the molecule is CC1CCCN(c2nc[nH]c(=O)c2[N+](=O)[O-])C1. The van der Waals surface area contributed by atoms with Crippen molar-refractivity contribution in [2.75, 3.05) is 18.0 Å². The van der Waals surface area contributed by atoms with E-state index >= 15 is 0 Å². The summed E-state index contributed by atoms with van der Waals surface area (Å²) in [6.07, 6.45) is 3.28. The molecule has 0 aromatic carbocycles. The van der Waals surface area contributed by atoms with Gasteiger partial charge in [-0.05, 0) is 18.8 Å². The largest absolute Gasteiger partial charge is 0.375 e. The molecule has 0 spiro atoms. The number of hydrogen-bond acceptors (Lipinski definition) is 5. The summed E-state index contributed by atoms with van der Waals surface area (Å²) in [5, 5.41) is 10.9. The molecule has 1 aliphatic rings. The van der Waals surface area contributed by atoms with E-state index in [-0.39, 0.29) is 5.82 Å². The van der Waals surface area contributed by atoms with Crippen LogP contribution in [-0.4, -0.2) is 28.0 Å². The number of rotatable bonds is 2. The van der Waals surface area contributed by atoms with Gasteiger partial charge in [0, 0.05) is 13.1 Å². The standard InChI is InChI=1S/C10H14N4O3/c1-7-3-2-4-13(5-7)9-8(14(16)17)10(15)12-6-11-9/h6-7H,2-5H2,1H3,(H,11,12,15). The summed E-state index contributed by atoms with van der Waals surface area (Å²) in [7, 11) is 0. The summed E-state index contributed by atoms with van der Waals surface area (Å²) in [5.74, 6) is 0.648. The lowest BCUT2D eigenvalue weighted by molar-refractivity contribution is -0.385. The quantitative estimate of drug-likeness (QED) is 0.610. The van der Waals surface area contributed by atoms with Gasteiger partial charge in [0.05, 0.1) is 11.3 Å². The van der Waals surface area contributed by atoms with Gasteiger partial charge in [-0.3, -0.25) is 14.9 Å². The summed E-state index contributed by atoms with van der Waals surface area (Å²) in [5.41, 5.74) is -1.15. The maximum Gasteiger partial charge on any atom is 0.375 e. The minimum Gasteiger partial charge on any atom is -0.350 e. The van der Waals surface area contributed by atoms with Gasteiger partial charge in [0.1, 0.15) is 0 Å². The summed E-state index contributed by atoms with van der Waals surface area (Å²) < 4.78 is 0. The third-order valence-corrected chi connectivity index (χ3v) is 2.95. The van der Waals surface area contributed by atoms with Crippen LogP contribution in [0.1, 0.15) is 19.8 Å². The summed E-state index contributed by atoms with van der Waals surface area (Å²) in [4.78, 5) is 29.7. The molecule has 2 rings (SSSR count). The molecule has 1 aliphatic heterocycles. The van der Waals surface area contributed by atoms with Gasteiger partial charge in [-0.1, -0.05) is 6.92 Å². The summed E-state index contributed by atoms with van der Waals surface area (Å²) in [6, 6.07) is 0. The maximum absolute atomic E-state index is 11.4. The van der Waals surface area contributed by atoms with E-state index in [1.54, 1.807) is 0 Å². The van der Waals surface area contributed by atoms with Gasteiger partial charge in [-0.2, -0.15) is 0 Å². The number of hydrogen-bond donors (Lipinski definition) is 1.